The molecule has 0 aliphatic heterocycles. The van der Waals surface area contributed by atoms with E-state index >= 15 is 0 Å². The highest BCUT2D eigenvalue weighted by molar-refractivity contribution is 6.24. The molecule has 0 heterocycles. The van der Waals surface area contributed by atoms with Crippen molar-refractivity contribution in [3.8, 4) is 18.1 Å². The summed E-state index contributed by atoms with van der Waals surface area (Å²) in [5.74, 6) is -5.50. The lowest BCUT2D eigenvalue weighted by Gasteiger charge is -2.50. The SMILES string of the molecule is C#CCN(C)CC(=O)Nc1cc(N(C)C)c2c(c1O)C(O)=C1C(=O)C3(O)C(O)=C(C(N)=O)C(=O)[C@@H](N(C)C)C3CC1C2. The summed E-state index contributed by atoms with van der Waals surface area (Å²) in [4.78, 5) is 56.8. The number of nitrogens with zero attached hydrogens (tertiary/aromatic N) is 3. The number of hydrogen-bond donors (Lipinski definition) is 6. The molecular weight excluding hydrogens is 546 g/mol. The fraction of sp³-hybridized carbons (Fsp3) is 0.448. The number of terminal acetylenes is 1. The van der Waals surface area contributed by atoms with Crippen molar-refractivity contribution in [3.63, 3.8) is 0 Å². The minimum absolute atomic E-state index is 0.0284. The Kier molecular flexibility index (Phi) is 7.86. The third-order valence-electron chi connectivity index (χ3n) is 8.23. The highest BCUT2D eigenvalue weighted by atomic mass is 16.3. The molecule has 2 amide bonds. The zero-order chi connectivity index (χ0) is 31.4. The number of nitrogens with one attached hydrogen (secondary N) is 1. The maximum absolute atomic E-state index is 14.0. The largest absolute Gasteiger partial charge is 0.508 e. The van der Waals surface area contributed by atoms with E-state index in [1.165, 1.54) is 19.0 Å². The highest BCUT2D eigenvalue weighted by Gasteiger charge is 2.64. The fourth-order valence-corrected chi connectivity index (χ4v) is 6.43. The van der Waals surface area contributed by atoms with Crippen LogP contribution < -0.4 is 16.0 Å². The summed E-state index contributed by atoms with van der Waals surface area (Å²) in [5, 5.41) is 48.2. The Labute approximate surface area is 242 Å². The molecule has 4 rings (SSSR count). The molecule has 224 valence electrons. The highest BCUT2D eigenvalue weighted by Crippen LogP contribution is 2.54. The number of primary amides is 1. The average Bonchev–Trinajstić information content (AvgIpc) is 2.87. The van der Waals surface area contributed by atoms with E-state index in [9.17, 15) is 39.6 Å². The second-order valence-corrected chi connectivity index (χ2v) is 11.4. The van der Waals surface area contributed by atoms with Gasteiger partial charge in [-0.2, -0.15) is 0 Å². The zero-order valence-corrected chi connectivity index (χ0v) is 24.1. The summed E-state index contributed by atoms with van der Waals surface area (Å²) in [7, 11) is 8.19. The number of anilines is 2. The summed E-state index contributed by atoms with van der Waals surface area (Å²) in [6, 6.07) is 0.377. The number of benzene rings is 1. The van der Waals surface area contributed by atoms with Crippen molar-refractivity contribution < 1.29 is 39.6 Å². The summed E-state index contributed by atoms with van der Waals surface area (Å²) < 4.78 is 0. The Morgan fingerprint density at radius 1 is 1.17 bits per heavy atom. The zero-order valence-electron chi connectivity index (χ0n) is 24.1. The maximum atomic E-state index is 14.0. The Morgan fingerprint density at radius 3 is 2.36 bits per heavy atom. The van der Waals surface area contributed by atoms with Crippen LogP contribution in [0, 0.1) is 24.2 Å². The van der Waals surface area contributed by atoms with Gasteiger partial charge in [-0.1, -0.05) is 5.92 Å². The predicted octanol–water partition coefficient (Wildman–Crippen LogP) is -0.466. The van der Waals surface area contributed by atoms with Crippen LogP contribution in [0.15, 0.2) is 23.0 Å². The minimum Gasteiger partial charge on any atom is -0.508 e. The number of ketones is 2. The number of carbonyl (C=O) groups is 4. The first-order valence-corrected chi connectivity index (χ1v) is 13.2. The molecule has 4 atom stereocenters. The third-order valence-corrected chi connectivity index (χ3v) is 8.23. The molecule has 1 aromatic rings. The molecule has 13 nitrogen and oxygen atoms in total. The van der Waals surface area contributed by atoms with E-state index in [0.29, 0.717) is 11.3 Å². The molecule has 3 aliphatic carbocycles. The van der Waals surface area contributed by atoms with Gasteiger partial charge < -0.3 is 36.4 Å². The molecule has 7 N–H and O–H groups in total. The van der Waals surface area contributed by atoms with Gasteiger partial charge in [0.25, 0.3) is 5.91 Å². The van der Waals surface area contributed by atoms with Gasteiger partial charge in [0.05, 0.1) is 30.4 Å². The number of rotatable bonds is 7. The van der Waals surface area contributed by atoms with Gasteiger partial charge in [-0.05, 0) is 51.5 Å². The second-order valence-electron chi connectivity index (χ2n) is 11.4. The number of aromatic hydroxyl groups is 1. The topological polar surface area (TPSA) is 197 Å². The maximum Gasteiger partial charge on any atom is 0.255 e. The van der Waals surface area contributed by atoms with Crippen molar-refractivity contribution in [1.82, 2.24) is 9.80 Å². The van der Waals surface area contributed by atoms with Crippen molar-refractivity contribution in [3.05, 3.63) is 34.1 Å². The summed E-state index contributed by atoms with van der Waals surface area (Å²) >= 11 is 0. The number of carbonyl (C=O) groups excluding carboxylic acids is 4. The van der Waals surface area contributed by atoms with Gasteiger partial charge in [0.1, 0.15) is 22.8 Å². The monoisotopic (exact) mass is 581 g/mol. The number of phenolic OH excluding ortho intramolecular Hbond substituents is 1. The van der Waals surface area contributed by atoms with Crippen LogP contribution in [0.4, 0.5) is 11.4 Å². The Balaban J connectivity index is 1.90. The van der Waals surface area contributed by atoms with Crippen LogP contribution in [-0.4, -0.2) is 114 Å². The number of hydrogen-bond acceptors (Lipinski definition) is 11. The number of amides is 2. The molecule has 0 aromatic heterocycles. The van der Waals surface area contributed by atoms with Gasteiger partial charge in [0.15, 0.2) is 11.4 Å². The first-order valence-electron chi connectivity index (χ1n) is 13.2. The van der Waals surface area contributed by atoms with Crippen molar-refractivity contribution in [2.24, 2.45) is 17.6 Å². The number of nitrogens with two attached hydrogens (primary N) is 1. The Morgan fingerprint density at radius 2 is 1.81 bits per heavy atom. The Hall–Kier alpha value is -4.38. The molecule has 0 spiro atoms. The van der Waals surface area contributed by atoms with E-state index in [1.54, 1.807) is 37.0 Å². The summed E-state index contributed by atoms with van der Waals surface area (Å²) in [5.41, 5.74) is 2.33. The molecule has 0 radical (unpaired) electrons. The van der Waals surface area contributed by atoms with Crippen molar-refractivity contribution in [2.45, 2.75) is 24.5 Å². The molecule has 42 heavy (non-hydrogen) atoms. The van der Waals surface area contributed by atoms with Crippen LogP contribution in [0.25, 0.3) is 5.76 Å². The molecule has 13 heteroatoms. The van der Waals surface area contributed by atoms with Gasteiger partial charge in [0, 0.05) is 31.3 Å². The van der Waals surface area contributed by atoms with Gasteiger partial charge in [-0.25, -0.2) is 0 Å². The number of aliphatic hydroxyl groups is 3. The van der Waals surface area contributed by atoms with Crippen LogP contribution >= 0.6 is 0 Å². The number of Topliss-reactive ketones (excluding diaryl/α,β-unsaturated/α-hetero) is 2. The third kappa shape index (κ3) is 4.57. The normalized spacial score (nSPS) is 25.2. The number of fused-ring (bicyclic) bond motifs is 3. The molecule has 0 bridgehead atoms. The number of phenols is 1. The van der Waals surface area contributed by atoms with E-state index in [1.807, 2.05) is 0 Å². The van der Waals surface area contributed by atoms with E-state index in [-0.39, 0.29) is 42.8 Å². The lowest BCUT2D eigenvalue weighted by atomic mass is 9.57. The van der Waals surface area contributed by atoms with Gasteiger partial charge >= 0.3 is 0 Å². The first kappa shape index (κ1) is 30.6. The van der Waals surface area contributed by atoms with Crippen molar-refractivity contribution in [1.29, 1.82) is 0 Å². The quantitative estimate of drug-likeness (QED) is 0.138. The lowest BCUT2D eigenvalue weighted by Crippen LogP contribution is -2.65. The van der Waals surface area contributed by atoms with Gasteiger partial charge in [-0.15, -0.1) is 6.42 Å². The molecule has 1 aromatic carbocycles. The molecule has 1 saturated carbocycles. The van der Waals surface area contributed by atoms with Crippen molar-refractivity contribution >= 4 is 40.5 Å². The van der Waals surface area contributed by atoms with Gasteiger partial charge in [-0.3, -0.25) is 29.0 Å². The lowest BCUT2D eigenvalue weighted by molar-refractivity contribution is -0.153. The Bertz CT molecular complexity index is 1500. The van der Waals surface area contributed by atoms with Gasteiger partial charge in [0.2, 0.25) is 11.7 Å². The first-order chi connectivity index (χ1) is 19.6. The van der Waals surface area contributed by atoms with Crippen LogP contribution in [0.2, 0.25) is 0 Å². The van der Waals surface area contributed by atoms with Crippen LogP contribution in [0.1, 0.15) is 17.5 Å². The molecule has 3 aliphatic rings. The number of likely N-dealkylation sites (N-methyl/N-ethyl adjacent to an activating group) is 2. The minimum atomic E-state index is -2.74. The van der Waals surface area contributed by atoms with E-state index in [2.05, 4.69) is 11.2 Å². The van der Waals surface area contributed by atoms with E-state index < -0.39 is 69.7 Å². The van der Waals surface area contributed by atoms with Crippen LogP contribution in [-0.2, 0) is 25.6 Å². The molecular formula is C29H35N5O8. The average molecular weight is 582 g/mol. The predicted molar refractivity (Wildman–Crippen MR) is 154 cm³/mol. The van der Waals surface area contributed by atoms with Crippen LogP contribution in [0.3, 0.4) is 0 Å². The summed E-state index contributed by atoms with van der Waals surface area (Å²) in [6.07, 6.45) is 5.39. The standard InChI is InChI=1S/C29H35N5O8/c1-7-8-34(6)12-18(35)31-16-11-17(32(2)3)14-9-13-10-15-22(33(4)5)25(38)21(28(30)41)27(40)29(15,42)26(39)19(13)24(37)20(14)23(16)36/h1,11,13,15,22,36-37,40,42H,8-10,12H2,2-6H3,(H2,30,41)(H,31,35)/t13?,15?,22-,29?/m0/s1. The number of aliphatic hydroxyl groups excluding tert-OH is 2. The smallest absolute Gasteiger partial charge is 0.255 e. The summed E-state index contributed by atoms with van der Waals surface area (Å²) in [6.45, 7) is 0.130. The molecule has 3 unspecified atom stereocenters. The van der Waals surface area contributed by atoms with Crippen molar-refractivity contribution in [2.75, 3.05) is 58.5 Å². The van der Waals surface area contributed by atoms with E-state index in [0.717, 1.165) is 0 Å². The fourth-order valence-electron chi connectivity index (χ4n) is 6.43. The second kappa shape index (κ2) is 10.8. The molecule has 1 fully saturated rings. The van der Waals surface area contributed by atoms with Crippen LogP contribution in [0.5, 0.6) is 5.75 Å². The molecule has 0 saturated heterocycles. The van der Waals surface area contributed by atoms with E-state index in [4.69, 9.17) is 12.2 Å².